The lowest BCUT2D eigenvalue weighted by Gasteiger charge is -2.05. The summed E-state index contributed by atoms with van der Waals surface area (Å²) in [5, 5.41) is 7.24. The summed E-state index contributed by atoms with van der Waals surface area (Å²) in [6.45, 7) is 5.88. The normalized spacial score (nSPS) is 11.4. The number of aryl methyl sites for hydroxylation is 2. The first kappa shape index (κ1) is 17.2. The molecule has 0 amide bonds. The van der Waals surface area contributed by atoms with Crippen molar-refractivity contribution in [2.45, 2.75) is 26.7 Å². The molecule has 5 nitrogen and oxygen atoms in total. The minimum Gasteiger partial charge on any atom is -0.370 e. The number of rotatable bonds is 6. The summed E-state index contributed by atoms with van der Waals surface area (Å²) in [6.07, 6.45) is 5.98. The average Bonchev–Trinajstić information content (AvgIpc) is 2.68. The third-order valence-electron chi connectivity index (χ3n) is 2.33. The van der Waals surface area contributed by atoms with Gasteiger partial charge in [0, 0.05) is 26.3 Å². The fourth-order valence-electron chi connectivity index (χ4n) is 1.45. The Morgan fingerprint density at radius 1 is 1.56 bits per heavy atom. The number of guanidine groups is 1. The summed E-state index contributed by atoms with van der Waals surface area (Å²) in [5.41, 5.74) is 6.98. The third kappa shape index (κ3) is 7.52. The van der Waals surface area contributed by atoms with Crippen LogP contribution in [-0.2, 0) is 13.5 Å². The maximum absolute atomic E-state index is 5.73. The summed E-state index contributed by atoms with van der Waals surface area (Å²) < 4.78 is 1.82. The number of nitrogens with two attached hydrogens (primary N) is 1. The van der Waals surface area contributed by atoms with Crippen LogP contribution in [0.4, 0.5) is 0 Å². The first-order chi connectivity index (χ1) is 8.08. The minimum atomic E-state index is 0. The van der Waals surface area contributed by atoms with Crippen molar-refractivity contribution in [3.8, 4) is 0 Å². The van der Waals surface area contributed by atoms with Gasteiger partial charge in [-0.2, -0.15) is 5.10 Å². The molecule has 0 atom stereocenters. The van der Waals surface area contributed by atoms with Gasteiger partial charge in [0.1, 0.15) is 0 Å². The van der Waals surface area contributed by atoms with Crippen molar-refractivity contribution in [1.82, 2.24) is 15.1 Å². The Labute approximate surface area is 126 Å². The molecule has 104 valence electrons. The van der Waals surface area contributed by atoms with E-state index in [4.69, 9.17) is 5.73 Å². The summed E-state index contributed by atoms with van der Waals surface area (Å²) >= 11 is 0. The highest BCUT2D eigenvalue weighted by molar-refractivity contribution is 14.0. The summed E-state index contributed by atoms with van der Waals surface area (Å²) in [4.78, 5) is 4.24. The van der Waals surface area contributed by atoms with Gasteiger partial charge in [0.15, 0.2) is 5.96 Å². The van der Waals surface area contributed by atoms with E-state index < -0.39 is 0 Å². The zero-order chi connectivity index (χ0) is 12.7. The standard InChI is InChI=1S/C12H23N5.HI/c1-10(2)7-15-12(13)14-6-4-5-11-8-16-17(3)9-11;/h8-10H,4-7H2,1-3H3,(H3,13,14,15);1H. The van der Waals surface area contributed by atoms with Gasteiger partial charge in [-0.1, -0.05) is 13.8 Å². The molecule has 1 heterocycles. The van der Waals surface area contributed by atoms with Gasteiger partial charge in [-0.05, 0) is 24.3 Å². The largest absolute Gasteiger partial charge is 0.370 e. The molecule has 0 radical (unpaired) electrons. The zero-order valence-electron chi connectivity index (χ0n) is 11.4. The second-order valence-corrected chi connectivity index (χ2v) is 4.67. The third-order valence-corrected chi connectivity index (χ3v) is 2.33. The molecular formula is C12H24IN5. The van der Waals surface area contributed by atoms with Gasteiger partial charge in [0.05, 0.1) is 6.20 Å². The van der Waals surface area contributed by atoms with Crippen molar-refractivity contribution >= 4 is 29.9 Å². The zero-order valence-corrected chi connectivity index (χ0v) is 13.7. The van der Waals surface area contributed by atoms with Crippen molar-refractivity contribution < 1.29 is 0 Å². The van der Waals surface area contributed by atoms with E-state index in [-0.39, 0.29) is 24.0 Å². The molecule has 0 bridgehead atoms. The van der Waals surface area contributed by atoms with Crippen molar-refractivity contribution in [1.29, 1.82) is 0 Å². The number of aromatic nitrogens is 2. The predicted octanol–water partition coefficient (Wildman–Crippen LogP) is 1.53. The number of aliphatic imine (C=N–C) groups is 1. The molecule has 3 N–H and O–H groups in total. The predicted molar refractivity (Wildman–Crippen MR) is 86.3 cm³/mol. The molecule has 0 saturated heterocycles. The molecule has 1 aromatic rings. The van der Waals surface area contributed by atoms with Crippen LogP contribution in [0.25, 0.3) is 0 Å². The fraction of sp³-hybridized carbons (Fsp3) is 0.667. The monoisotopic (exact) mass is 365 g/mol. The molecule has 0 fully saturated rings. The van der Waals surface area contributed by atoms with Crippen LogP contribution in [-0.4, -0.2) is 28.8 Å². The molecule has 0 saturated carbocycles. The van der Waals surface area contributed by atoms with Crippen LogP contribution in [0.3, 0.4) is 0 Å². The van der Waals surface area contributed by atoms with Crippen molar-refractivity contribution in [2.75, 3.05) is 13.1 Å². The molecule has 1 aromatic heterocycles. The van der Waals surface area contributed by atoms with Crippen LogP contribution in [0.2, 0.25) is 0 Å². The second-order valence-electron chi connectivity index (χ2n) is 4.67. The Hall–Kier alpha value is -0.790. The SMILES string of the molecule is CC(C)CN=C(N)NCCCc1cnn(C)c1.I. The number of halogens is 1. The Morgan fingerprint density at radius 3 is 2.83 bits per heavy atom. The highest BCUT2D eigenvalue weighted by Crippen LogP contribution is 1.99. The highest BCUT2D eigenvalue weighted by Gasteiger charge is 1.97. The van der Waals surface area contributed by atoms with Gasteiger partial charge in [-0.25, -0.2) is 0 Å². The number of hydrogen-bond donors (Lipinski definition) is 2. The van der Waals surface area contributed by atoms with E-state index in [0.29, 0.717) is 11.9 Å². The van der Waals surface area contributed by atoms with E-state index in [9.17, 15) is 0 Å². The van der Waals surface area contributed by atoms with Gasteiger partial charge in [0.2, 0.25) is 0 Å². The van der Waals surface area contributed by atoms with E-state index in [2.05, 4.69) is 29.3 Å². The van der Waals surface area contributed by atoms with Crippen LogP contribution < -0.4 is 11.1 Å². The molecule has 0 aliphatic heterocycles. The van der Waals surface area contributed by atoms with E-state index in [0.717, 1.165) is 25.9 Å². The molecular weight excluding hydrogens is 341 g/mol. The lowest BCUT2D eigenvalue weighted by molar-refractivity contribution is 0.659. The van der Waals surface area contributed by atoms with Crippen LogP contribution in [0.5, 0.6) is 0 Å². The summed E-state index contributed by atoms with van der Waals surface area (Å²) in [5.74, 6) is 1.09. The topological polar surface area (TPSA) is 68.2 Å². The van der Waals surface area contributed by atoms with Crippen LogP contribution in [0, 0.1) is 5.92 Å². The smallest absolute Gasteiger partial charge is 0.188 e. The van der Waals surface area contributed by atoms with Gasteiger partial charge in [-0.15, -0.1) is 24.0 Å². The van der Waals surface area contributed by atoms with E-state index in [1.165, 1.54) is 5.56 Å². The molecule has 0 aliphatic carbocycles. The summed E-state index contributed by atoms with van der Waals surface area (Å²) in [7, 11) is 1.93. The van der Waals surface area contributed by atoms with Gasteiger partial charge in [0.25, 0.3) is 0 Å². The molecule has 1 rings (SSSR count). The fourth-order valence-corrected chi connectivity index (χ4v) is 1.45. The van der Waals surface area contributed by atoms with Gasteiger partial charge < -0.3 is 11.1 Å². The number of nitrogens with zero attached hydrogens (tertiary/aromatic N) is 3. The van der Waals surface area contributed by atoms with Crippen molar-refractivity contribution in [2.24, 2.45) is 23.7 Å². The van der Waals surface area contributed by atoms with Gasteiger partial charge >= 0.3 is 0 Å². The van der Waals surface area contributed by atoms with E-state index >= 15 is 0 Å². The molecule has 0 aliphatic rings. The minimum absolute atomic E-state index is 0. The maximum atomic E-state index is 5.73. The lowest BCUT2D eigenvalue weighted by Crippen LogP contribution is -2.33. The van der Waals surface area contributed by atoms with Crippen LogP contribution >= 0.6 is 24.0 Å². The van der Waals surface area contributed by atoms with Crippen LogP contribution in [0.15, 0.2) is 17.4 Å². The summed E-state index contributed by atoms with van der Waals surface area (Å²) in [6, 6.07) is 0. The number of hydrogen-bond acceptors (Lipinski definition) is 2. The molecule has 0 unspecified atom stereocenters. The van der Waals surface area contributed by atoms with Crippen LogP contribution in [0.1, 0.15) is 25.8 Å². The molecule has 0 aromatic carbocycles. The first-order valence-corrected chi connectivity index (χ1v) is 6.09. The Morgan fingerprint density at radius 2 is 2.28 bits per heavy atom. The molecule has 6 heteroatoms. The molecule has 18 heavy (non-hydrogen) atoms. The quantitative estimate of drug-likeness (QED) is 0.348. The number of nitrogens with one attached hydrogen (secondary N) is 1. The second kappa shape index (κ2) is 9.18. The van der Waals surface area contributed by atoms with Crippen molar-refractivity contribution in [3.63, 3.8) is 0 Å². The first-order valence-electron chi connectivity index (χ1n) is 6.09. The Bertz CT molecular complexity index is 359. The Balaban J connectivity index is 0.00000289. The highest BCUT2D eigenvalue weighted by atomic mass is 127. The van der Waals surface area contributed by atoms with E-state index in [1.54, 1.807) is 0 Å². The van der Waals surface area contributed by atoms with Gasteiger partial charge in [-0.3, -0.25) is 9.67 Å². The van der Waals surface area contributed by atoms with E-state index in [1.807, 2.05) is 24.1 Å². The maximum Gasteiger partial charge on any atom is 0.188 e. The lowest BCUT2D eigenvalue weighted by atomic mass is 10.2. The average molecular weight is 365 g/mol. The Kier molecular flexibility index (Phi) is 8.78. The molecule has 0 spiro atoms. The van der Waals surface area contributed by atoms with Crippen molar-refractivity contribution in [3.05, 3.63) is 18.0 Å².